The molecule has 0 aliphatic carbocycles. The van der Waals surface area contributed by atoms with Crippen LogP contribution in [0.3, 0.4) is 0 Å². The Balaban J connectivity index is 1.66. The Morgan fingerprint density at radius 3 is 2.71 bits per heavy atom. The number of anilines is 1. The molecule has 28 heavy (non-hydrogen) atoms. The number of carbonyl (C=O) groups excluding carboxylic acids is 1. The number of nitrogens with one attached hydrogen (secondary N) is 1. The van der Waals surface area contributed by atoms with Gasteiger partial charge in [0.05, 0.1) is 24.9 Å². The number of hydrogen-bond donors (Lipinski definition) is 1. The summed E-state index contributed by atoms with van der Waals surface area (Å²) in [4.78, 5) is 16.6. The van der Waals surface area contributed by atoms with E-state index in [0.717, 1.165) is 5.56 Å². The average molecular weight is 439 g/mol. The van der Waals surface area contributed by atoms with Crippen LogP contribution in [-0.2, 0) is 4.79 Å². The highest BCUT2D eigenvalue weighted by Gasteiger charge is 2.14. The van der Waals surface area contributed by atoms with Gasteiger partial charge in [-0.3, -0.25) is 10.1 Å². The lowest BCUT2D eigenvalue weighted by Gasteiger charge is -2.09. The van der Waals surface area contributed by atoms with Gasteiger partial charge in [0.1, 0.15) is 22.3 Å². The number of carbonyl (C=O) groups is 1. The Morgan fingerprint density at radius 2 is 1.96 bits per heavy atom. The fraction of sp³-hybridized carbons (Fsp3) is 0.158. The number of methoxy groups -OCH3 is 2. The lowest BCUT2D eigenvalue weighted by molar-refractivity contribution is -0.118. The molecule has 1 aromatic heterocycles. The summed E-state index contributed by atoms with van der Waals surface area (Å²) < 4.78 is 16.0. The van der Waals surface area contributed by atoms with Crippen LogP contribution in [0.15, 0.2) is 41.8 Å². The van der Waals surface area contributed by atoms with Crippen LogP contribution in [0.5, 0.6) is 17.2 Å². The number of thiazole rings is 1. The molecule has 0 aliphatic rings. The zero-order valence-corrected chi connectivity index (χ0v) is 17.3. The van der Waals surface area contributed by atoms with Crippen LogP contribution in [0.1, 0.15) is 0 Å². The van der Waals surface area contributed by atoms with Crippen LogP contribution in [0.25, 0.3) is 11.3 Å². The summed E-state index contributed by atoms with van der Waals surface area (Å²) in [5.41, 5.74) is 1.47. The van der Waals surface area contributed by atoms with Gasteiger partial charge >= 0.3 is 0 Å². The van der Waals surface area contributed by atoms with Gasteiger partial charge in [0.15, 0.2) is 11.7 Å². The van der Waals surface area contributed by atoms with E-state index in [2.05, 4.69) is 10.3 Å². The van der Waals surface area contributed by atoms with Gasteiger partial charge in [-0.25, -0.2) is 4.98 Å². The number of rotatable bonds is 7. The van der Waals surface area contributed by atoms with Gasteiger partial charge < -0.3 is 14.2 Å². The van der Waals surface area contributed by atoms with Gasteiger partial charge in [-0.15, -0.1) is 11.3 Å². The normalized spacial score (nSPS) is 10.4. The summed E-state index contributed by atoms with van der Waals surface area (Å²) in [5, 5.41) is 5.59. The fourth-order valence-electron chi connectivity index (χ4n) is 2.36. The first-order valence-corrected chi connectivity index (χ1v) is 9.70. The maximum Gasteiger partial charge on any atom is 0.264 e. The predicted octanol–water partition coefficient (Wildman–Crippen LogP) is 5.15. The highest BCUT2D eigenvalue weighted by atomic mass is 35.5. The molecular formula is C19H16Cl2N2O4S. The van der Waals surface area contributed by atoms with Crippen molar-refractivity contribution >= 4 is 45.6 Å². The van der Waals surface area contributed by atoms with E-state index < -0.39 is 0 Å². The van der Waals surface area contributed by atoms with E-state index >= 15 is 0 Å². The van der Waals surface area contributed by atoms with Crippen molar-refractivity contribution in [3.05, 3.63) is 51.8 Å². The Bertz CT molecular complexity index is 994. The SMILES string of the molecule is COc1ccc(-c2csc(NC(=O)COc3cccc(Cl)c3Cl)n2)c(OC)c1. The largest absolute Gasteiger partial charge is 0.497 e. The molecule has 1 N–H and O–H groups in total. The minimum absolute atomic E-state index is 0.221. The monoisotopic (exact) mass is 438 g/mol. The van der Waals surface area contributed by atoms with Gasteiger partial charge in [-0.1, -0.05) is 29.3 Å². The van der Waals surface area contributed by atoms with Crippen molar-refractivity contribution in [2.75, 3.05) is 26.1 Å². The molecule has 0 fully saturated rings. The number of nitrogens with zero attached hydrogens (tertiary/aromatic N) is 1. The molecule has 0 unspecified atom stereocenters. The van der Waals surface area contributed by atoms with E-state index in [1.165, 1.54) is 11.3 Å². The standard InChI is InChI=1S/C19H16Cl2N2O4S/c1-25-11-6-7-12(16(8-11)26-2)14-10-28-19(22-14)23-17(24)9-27-15-5-3-4-13(20)18(15)21/h3-8,10H,9H2,1-2H3,(H,22,23,24). The molecule has 0 saturated carbocycles. The van der Waals surface area contributed by atoms with Crippen LogP contribution >= 0.6 is 34.5 Å². The van der Waals surface area contributed by atoms with Gasteiger partial charge in [-0.2, -0.15) is 0 Å². The van der Waals surface area contributed by atoms with Gasteiger partial charge in [-0.05, 0) is 24.3 Å². The summed E-state index contributed by atoms with van der Waals surface area (Å²) in [7, 11) is 3.16. The van der Waals surface area contributed by atoms with Crippen molar-refractivity contribution in [3.8, 4) is 28.5 Å². The minimum Gasteiger partial charge on any atom is -0.497 e. The van der Waals surface area contributed by atoms with Crippen LogP contribution < -0.4 is 19.5 Å². The van der Waals surface area contributed by atoms with Crippen LogP contribution in [-0.4, -0.2) is 31.7 Å². The topological polar surface area (TPSA) is 69.7 Å². The smallest absolute Gasteiger partial charge is 0.264 e. The van der Waals surface area contributed by atoms with E-state index in [1.807, 2.05) is 17.5 Å². The minimum atomic E-state index is -0.362. The number of amides is 1. The zero-order valence-electron chi connectivity index (χ0n) is 15.0. The summed E-state index contributed by atoms with van der Waals surface area (Å²) in [6, 6.07) is 10.4. The number of ether oxygens (including phenoxy) is 3. The first kappa shape index (κ1) is 20.3. The molecule has 0 atom stereocenters. The molecule has 0 saturated heterocycles. The molecule has 3 aromatic rings. The first-order chi connectivity index (χ1) is 13.5. The Hall–Kier alpha value is -2.48. The van der Waals surface area contributed by atoms with E-state index in [-0.39, 0.29) is 17.5 Å². The highest BCUT2D eigenvalue weighted by Crippen LogP contribution is 2.35. The third-order valence-electron chi connectivity index (χ3n) is 3.71. The molecule has 9 heteroatoms. The molecule has 1 heterocycles. The molecule has 1 amide bonds. The third-order valence-corrected chi connectivity index (χ3v) is 5.27. The van der Waals surface area contributed by atoms with Crippen LogP contribution in [0, 0.1) is 0 Å². The Kier molecular flexibility index (Phi) is 6.61. The summed E-state index contributed by atoms with van der Waals surface area (Å²) in [5.74, 6) is 1.29. The van der Waals surface area contributed by atoms with E-state index in [4.69, 9.17) is 37.4 Å². The van der Waals surface area contributed by atoms with E-state index in [0.29, 0.717) is 33.1 Å². The second-order valence-electron chi connectivity index (χ2n) is 5.49. The molecule has 2 aromatic carbocycles. The number of aromatic nitrogens is 1. The van der Waals surface area contributed by atoms with Crippen LogP contribution in [0.4, 0.5) is 5.13 Å². The second-order valence-corrected chi connectivity index (χ2v) is 7.14. The lowest BCUT2D eigenvalue weighted by Crippen LogP contribution is -2.20. The molecular weight excluding hydrogens is 423 g/mol. The van der Waals surface area contributed by atoms with Gasteiger partial charge in [0.2, 0.25) is 0 Å². The zero-order chi connectivity index (χ0) is 20.1. The Morgan fingerprint density at radius 1 is 1.14 bits per heavy atom. The fourth-order valence-corrected chi connectivity index (χ4v) is 3.43. The van der Waals surface area contributed by atoms with Crippen molar-refractivity contribution in [1.82, 2.24) is 4.98 Å². The second kappa shape index (κ2) is 9.14. The van der Waals surface area contributed by atoms with Crippen molar-refractivity contribution in [1.29, 1.82) is 0 Å². The van der Waals surface area contributed by atoms with E-state index in [1.54, 1.807) is 38.5 Å². The molecule has 0 spiro atoms. The van der Waals surface area contributed by atoms with Crippen molar-refractivity contribution in [2.24, 2.45) is 0 Å². The average Bonchev–Trinajstić information content (AvgIpc) is 3.16. The number of hydrogen-bond acceptors (Lipinski definition) is 6. The summed E-state index contributed by atoms with van der Waals surface area (Å²) in [6.07, 6.45) is 0. The number of halogens is 2. The van der Waals surface area contributed by atoms with E-state index in [9.17, 15) is 4.79 Å². The Labute approximate surface area is 176 Å². The molecule has 6 nitrogen and oxygen atoms in total. The highest BCUT2D eigenvalue weighted by molar-refractivity contribution is 7.14. The van der Waals surface area contributed by atoms with Gasteiger partial charge in [0.25, 0.3) is 5.91 Å². The summed E-state index contributed by atoms with van der Waals surface area (Å²) in [6.45, 7) is -0.221. The molecule has 0 aliphatic heterocycles. The lowest BCUT2D eigenvalue weighted by atomic mass is 10.1. The predicted molar refractivity (Wildman–Crippen MR) is 111 cm³/mol. The third kappa shape index (κ3) is 4.67. The summed E-state index contributed by atoms with van der Waals surface area (Å²) >= 11 is 13.3. The molecule has 3 rings (SSSR count). The molecule has 0 bridgehead atoms. The van der Waals surface area contributed by atoms with Crippen molar-refractivity contribution in [3.63, 3.8) is 0 Å². The van der Waals surface area contributed by atoms with Crippen LogP contribution in [0.2, 0.25) is 10.0 Å². The van der Waals surface area contributed by atoms with Gasteiger partial charge in [0, 0.05) is 17.0 Å². The van der Waals surface area contributed by atoms with Crippen molar-refractivity contribution in [2.45, 2.75) is 0 Å². The quantitative estimate of drug-likeness (QED) is 0.551. The molecule has 146 valence electrons. The maximum absolute atomic E-state index is 12.1. The maximum atomic E-state index is 12.1. The van der Waals surface area contributed by atoms with Crippen molar-refractivity contribution < 1.29 is 19.0 Å². The number of benzene rings is 2. The molecule has 0 radical (unpaired) electrons. The first-order valence-electron chi connectivity index (χ1n) is 8.06.